The first-order valence-corrected chi connectivity index (χ1v) is 11.5. The Labute approximate surface area is 196 Å². The van der Waals surface area contributed by atoms with E-state index >= 15 is 0 Å². The fraction of sp³-hybridized carbons (Fsp3) is 0.130. The molecule has 3 aromatic rings. The number of halogens is 3. The summed E-state index contributed by atoms with van der Waals surface area (Å²) in [5.41, 5.74) is 1.47. The summed E-state index contributed by atoms with van der Waals surface area (Å²) >= 11 is 2.69. The summed E-state index contributed by atoms with van der Waals surface area (Å²) in [7, 11) is 0. The molecule has 0 aromatic heterocycles. The zero-order valence-electron chi connectivity index (χ0n) is 17.2. The summed E-state index contributed by atoms with van der Waals surface area (Å²) < 4.78 is 40.9. The fourth-order valence-corrected chi connectivity index (χ4v) is 4.58. The number of amides is 2. The largest absolute Gasteiger partial charge is 0.416 e. The van der Waals surface area contributed by atoms with Crippen LogP contribution in [0, 0.1) is 0 Å². The molecular formula is C23H18F3N3O2S2. The third-order valence-corrected chi connectivity index (χ3v) is 6.81. The van der Waals surface area contributed by atoms with E-state index in [1.165, 1.54) is 35.8 Å². The molecule has 10 heteroatoms. The second kappa shape index (κ2) is 9.40. The Morgan fingerprint density at radius 1 is 1.00 bits per heavy atom. The number of hydrogen-bond acceptors (Lipinski definition) is 5. The van der Waals surface area contributed by atoms with Crippen LogP contribution in [0.5, 0.6) is 0 Å². The first-order valence-electron chi connectivity index (χ1n) is 9.82. The van der Waals surface area contributed by atoms with Crippen molar-refractivity contribution in [2.45, 2.75) is 28.1 Å². The van der Waals surface area contributed by atoms with Crippen LogP contribution in [-0.4, -0.2) is 17.1 Å². The van der Waals surface area contributed by atoms with Crippen molar-refractivity contribution in [1.82, 2.24) is 0 Å². The van der Waals surface area contributed by atoms with Crippen LogP contribution in [0.4, 0.5) is 30.2 Å². The Morgan fingerprint density at radius 3 is 2.33 bits per heavy atom. The van der Waals surface area contributed by atoms with Crippen LogP contribution in [0.25, 0.3) is 0 Å². The van der Waals surface area contributed by atoms with E-state index in [4.69, 9.17) is 0 Å². The Bertz CT molecular complexity index is 1180. The molecular weight excluding hydrogens is 471 g/mol. The smallest absolute Gasteiger partial charge is 0.326 e. The van der Waals surface area contributed by atoms with E-state index < -0.39 is 11.7 Å². The molecule has 0 radical (unpaired) electrons. The number of thioether (sulfide) groups is 1. The Kier molecular flexibility index (Phi) is 6.57. The van der Waals surface area contributed by atoms with Crippen LogP contribution < -0.4 is 15.4 Å². The molecule has 0 bridgehead atoms. The molecule has 1 heterocycles. The van der Waals surface area contributed by atoms with Crippen molar-refractivity contribution in [2.24, 2.45) is 0 Å². The van der Waals surface area contributed by atoms with Gasteiger partial charge >= 0.3 is 6.18 Å². The van der Waals surface area contributed by atoms with Crippen molar-refractivity contribution < 1.29 is 22.8 Å². The van der Waals surface area contributed by atoms with Gasteiger partial charge < -0.3 is 15.4 Å². The number of fused-ring (bicyclic) bond motifs is 1. The van der Waals surface area contributed by atoms with Crippen molar-refractivity contribution in [3.63, 3.8) is 0 Å². The van der Waals surface area contributed by atoms with Gasteiger partial charge in [-0.25, -0.2) is 0 Å². The Balaban J connectivity index is 1.34. The zero-order valence-corrected chi connectivity index (χ0v) is 18.8. The second-order valence-electron chi connectivity index (χ2n) is 7.22. The maximum atomic E-state index is 12.6. The van der Waals surface area contributed by atoms with Gasteiger partial charge in [-0.05, 0) is 85.6 Å². The molecule has 3 aromatic carbocycles. The highest BCUT2D eigenvalue weighted by atomic mass is 32.2. The first kappa shape index (κ1) is 23.1. The van der Waals surface area contributed by atoms with Crippen LogP contribution >= 0.6 is 23.7 Å². The number of alkyl halides is 3. The third kappa shape index (κ3) is 5.63. The van der Waals surface area contributed by atoms with Crippen molar-refractivity contribution in [1.29, 1.82) is 0 Å². The summed E-state index contributed by atoms with van der Waals surface area (Å²) in [6, 6.07) is 17.0. The molecule has 0 fully saturated rings. The molecule has 1 unspecified atom stereocenters. The topological polar surface area (TPSA) is 70.2 Å². The number of nitrogens with one attached hydrogen (secondary N) is 3. The maximum Gasteiger partial charge on any atom is 0.416 e. The monoisotopic (exact) mass is 489 g/mol. The minimum atomic E-state index is -4.36. The van der Waals surface area contributed by atoms with Gasteiger partial charge in [-0.2, -0.15) is 13.2 Å². The predicted octanol–water partition coefficient (Wildman–Crippen LogP) is 6.51. The van der Waals surface area contributed by atoms with Gasteiger partial charge in [0.25, 0.3) is 5.91 Å². The van der Waals surface area contributed by atoms with Gasteiger partial charge in [-0.1, -0.05) is 0 Å². The van der Waals surface area contributed by atoms with Crippen LogP contribution in [0.1, 0.15) is 22.8 Å². The van der Waals surface area contributed by atoms with Gasteiger partial charge in [0, 0.05) is 26.7 Å². The third-order valence-electron chi connectivity index (χ3n) is 4.78. The van der Waals surface area contributed by atoms with E-state index in [1.54, 1.807) is 36.4 Å². The minimum Gasteiger partial charge on any atom is -0.326 e. The van der Waals surface area contributed by atoms with Gasteiger partial charge in [0.15, 0.2) is 0 Å². The molecule has 5 nitrogen and oxygen atoms in total. The van der Waals surface area contributed by atoms with E-state index in [1.807, 2.05) is 13.0 Å². The maximum absolute atomic E-state index is 12.6. The van der Waals surface area contributed by atoms with E-state index in [9.17, 15) is 22.8 Å². The van der Waals surface area contributed by atoms with Crippen LogP contribution in [-0.2, 0) is 11.0 Å². The van der Waals surface area contributed by atoms with E-state index in [0.29, 0.717) is 22.6 Å². The molecule has 0 aliphatic carbocycles. The highest BCUT2D eigenvalue weighted by Crippen LogP contribution is 2.36. The molecule has 0 saturated carbocycles. The lowest BCUT2D eigenvalue weighted by molar-refractivity contribution is -0.137. The highest BCUT2D eigenvalue weighted by molar-refractivity contribution is 8.01. The molecule has 2 amide bonds. The lowest BCUT2D eigenvalue weighted by atomic mass is 10.1. The number of hydrogen-bond donors (Lipinski definition) is 3. The normalized spacial score (nSPS) is 15.4. The molecule has 33 heavy (non-hydrogen) atoms. The van der Waals surface area contributed by atoms with Crippen LogP contribution in [0.2, 0.25) is 0 Å². The summed E-state index contributed by atoms with van der Waals surface area (Å²) in [6.07, 6.45) is -4.36. The summed E-state index contributed by atoms with van der Waals surface area (Å²) in [6.45, 7) is 1.82. The number of anilines is 3. The van der Waals surface area contributed by atoms with Crippen LogP contribution in [0.15, 0.2) is 76.5 Å². The molecule has 4 rings (SSSR count). The number of rotatable bonds is 5. The lowest BCUT2D eigenvalue weighted by Gasteiger charge is -2.21. The average Bonchev–Trinajstić information content (AvgIpc) is 2.79. The van der Waals surface area contributed by atoms with Crippen molar-refractivity contribution in [3.8, 4) is 0 Å². The van der Waals surface area contributed by atoms with Gasteiger partial charge in [0.1, 0.15) is 0 Å². The minimum absolute atomic E-state index is 0.0944. The second-order valence-corrected chi connectivity index (χ2v) is 9.48. The highest BCUT2D eigenvalue weighted by Gasteiger charge is 2.30. The number of benzene rings is 3. The molecule has 1 aliphatic heterocycles. The Morgan fingerprint density at radius 2 is 1.67 bits per heavy atom. The molecule has 3 N–H and O–H groups in total. The Hall–Kier alpha value is -3.11. The quantitative estimate of drug-likeness (QED) is 0.357. The van der Waals surface area contributed by atoms with Crippen molar-refractivity contribution in [3.05, 3.63) is 77.9 Å². The average molecular weight is 490 g/mol. The molecule has 0 saturated heterocycles. The van der Waals surface area contributed by atoms with Crippen molar-refractivity contribution in [2.75, 3.05) is 15.4 Å². The van der Waals surface area contributed by atoms with E-state index in [-0.39, 0.29) is 17.1 Å². The summed E-state index contributed by atoms with van der Waals surface area (Å²) in [4.78, 5) is 26.2. The molecule has 1 aliphatic rings. The molecule has 0 spiro atoms. The number of carbonyl (C=O) groups is 2. The van der Waals surface area contributed by atoms with Crippen LogP contribution in [0.3, 0.4) is 0 Å². The SMILES string of the molecule is CC1Sc2ccc(C(=O)Nc3ccc(SNc4ccc(C(F)(F)F)cc4)cc3)cc2NC1=O. The van der Waals surface area contributed by atoms with Gasteiger partial charge in [0.2, 0.25) is 5.91 Å². The lowest BCUT2D eigenvalue weighted by Crippen LogP contribution is -2.26. The number of carbonyl (C=O) groups excluding carboxylic acids is 2. The summed E-state index contributed by atoms with van der Waals surface area (Å²) in [5, 5.41) is 5.44. The van der Waals surface area contributed by atoms with Gasteiger partial charge in [-0.15, -0.1) is 11.8 Å². The fourth-order valence-electron chi connectivity index (χ4n) is 3.00. The zero-order chi connectivity index (χ0) is 23.6. The first-order chi connectivity index (χ1) is 15.7. The summed E-state index contributed by atoms with van der Waals surface area (Å²) in [5.74, 6) is -0.401. The van der Waals surface area contributed by atoms with Crippen molar-refractivity contribution >= 4 is 52.6 Å². The van der Waals surface area contributed by atoms with E-state index in [0.717, 1.165) is 21.9 Å². The van der Waals surface area contributed by atoms with Gasteiger partial charge in [0.05, 0.1) is 16.5 Å². The van der Waals surface area contributed by atoms with E-state index in [2.05, 4.69) is 15.4 Å². The molecule has 1 atom stereocenters. The predicted molar refractivity (Wildman–Crippen MR) is 126 cm³/mol. The van der Waals surface area contributed by atoms with Gasteiger partial charge in [-0.3, -0.25) is 9.59 Å². The standard InChI is InChI=1S/C23H18F3N3O2S2/c1-13-21(30)28-19-12-14(2-11-20(19)32-13)22(31)27-16-7-9-18(10-8-16)33-29-17-5-3-15(4-6-17)23(24,25)26/h2-13,29H,1H3,(H,27,31)(H,28,30). The molecule has 170 valence electrons.